The molecule has 1 N–H and O–H groups in total. The van der Waals surface area contributed by atoms with Crippen molar-refractivity contribution in [1.29, 1.82) is 5.26 Å². The maximum absolute atomic E-state index is 15.0. The van der Waals surface area contributed by atoms with E-state index in [0.717, 1.165) is 18.2 Å². The molecule has 0 bridgehead atoms. The van der Waals surface area contributed by atoms with Gasteiger partial charge in [0.25, 0.3) is 0 Å². The molecule has 0 aromatic heterocycles. The van der Waals surface area contributed by atoms with Crippen LogP contribution in [-0.2, 0) is 12.5 Å². The molecule has 3 nitrogen and oxygen atoms in total. The Morgan fingerprint density at radius 1 is 0.848 bits per heavy atom. The Kier molecular flexibility index (Phi) is 6.22. The largest absolute Gasteiger partial charge is 0.507 e. The zero-order valence-electron chi connectivity index (χ0n) is 16.4. The number of ether oxygens (including phenoxy) is 1. The molecule has 0 unspecified atom stereocenters. The van der Waals surface area contributed by atoms with Crippen LogP contribution in [0.25, 0.3) is 11.1 Å². The molecule has 3 aromatic carbocycles. The van der Waals surface area contributed by atoms with Crippen LogP contribution < -0.4 is 4.74 Å². The first-order valence-electron chi connectivity index (χ1n) is 9.06. The molecule has 0 saturated carbocycles. The number of phenols is 1. The van der Waals surface area contributed by atoms with Gasteiger partial charge in [-0.05, 0) is 24.1 Å². The van der Waals surface area contributed by atoms with E-state index < -0.39 is 74.8 Å². The summed E-state index contributed by atoms with van der Waals surface area (Å²) in [5.74, 6) is -13.0. The van der Waals surface area contributed by atoms with Crippen LogP contribution in [0.1, 0.15) is 23.6 Å². The zero-order chi connectivity index (χ0) is 24.7. The normalized spacial score (nSPS) is 11.4. The van der Waals surface area contributed by atoms with Crippen LogP contribution in [0, 0.1) is 46.2 Å². The van der Waals surface area contributed by atoms with E-state index in [1.807, 2.05) is 0 Å². The fourth-order valence-electron chi connectivity index (χ4n) is 3.09. The fourth-order valence-corrected chi connectivity index (χ4v) is 3.09. The van der Waals surface area contributed by atoms with E-state index in [1.54, 1.807) is 6.92 Å². The minimum Gasteiger partial charge on any atom is -0.507 e. The predicted octanol–water partition coefficient (Wildman–Crippen LogP) is 6.46. The van der Waals surface area contributed by atoms with Crippen molar-refractivity contribution in [2.24, 2.45) is 0 Å². The van der Waals surface area contributed by atoms with Crippen LogP contribution in [0.2, 0.25) is 0 Å². The van der Waals surface area contributed by atoms with Gasteiger partial charge in [-0.2, -0.15) is 14.0 Å². The van der Waals surface area contributed by atoms with Gasteiger partial charge >= 0.3 is 6.11 Å². The second-order valence-electron chi connectivity index (χ2n) is 6.72. The van der Waals surface area contributed by atoms with Crippen molar-refractivity contribution in [1.82, 2.24) is 0 Å². The van der Waals surface area contributed by atoms with Gasteiger partial charge in [0, 0.05) is 18.2 Å². The number of aryl methyl sites for hydroxylation is 1. The highest BCUT2D eigenvalue weighted by Gasteiger charge is 2.43. The van der Waals surface area contributed by atoms with Gasteiger partial charge in [-0.25, -0.2) is 26.3 Å². The Morgan fingerprint density at radius 2 is 1.39 bits per heavy atom. The van der Waals surface area contributed by atoms with Crippen LogP contribution in [-0.4, -0.2) is 5.11 Å². The predicted molar refractivity (Wildman–Crippen MR) is 98.3 cm³/mol. The molecule has 33 heavy (non-hydrogen) atoms. The molecule has 11 heteroatoms. The van der Waals surface area contributed by atoms with Crippen molar-refractivity contribution in [3.8, 4) is 28.7 Å². The average Bonchev–Trinajstić information content (AvgIpc) is 2.68. The first-order chi connectivity index (χ1) is 15.4. The lowest BCUT2D eigenvalue weighted by Gasteiger charge is -2.21. The number of alkyl halides is 2. The number of halogens is 8. The summed E-state index contributed by atoms with van der Waals surface area (Å²) in [5.41, 5.74) is -5.82. The summed E-state index contributed by atoms with van der Waals surface area (Å²) in [6.07, 6.45) is -4.80. The van der Waals surface area contributed by atoms with E-state index in [2.05, 4.69) is 4.74 Å². The molecule has 3 rings (SSSR count). The molecule has 0 atom stereocenters. The van der Waals surface area contributed by atoms with Crippen molar-refractivity contribution < 1.29 is 45.0 Å². The number of benzene rings is 3. The molecule has 0 amide bonds. The van der Waals surface area contributed by atoms with E-state index in [9.17, 15) is 35.8 Å². The fraction of sp³-hybridized carbons (Fsp3) is 0.136. The molecule has 0 aliphatic carbocycles. The third kappa shape index (κ3) is 4.28. The number of nitriles is 1. The Bertz CT molecular complexity index is 1250. The lowest BCUT2D eigenvalue weighted by molar-refractivity contribution is -0.189. The third-order valence-corrected chi connectivity index (χ3v) is 4.62. The van der Waals surface area contributed by atoms with E-state index in [1.165, 1.54) is 0 Å². The summed E-state index contributed by atoms with van der Waals surface area (Å²) in [4.78, 5) is 0. The SMILES string of the molecule is CCc1cc(F)c(-c2c(O)cc(F)c(C(F)(F)Oc3cc(F)c(C#N)c(F)c3)c2F)c(F)c1. The Balaban J connectivity index is 2.18. The lowest BCUT2D eigenvalue weighted by Crippen LogP contribution is -2.26. The molecule has 0 spiro atoms. The summed E-state index contributed by atoms with van der Waals surface area (Å²) < 4.78 is 119. The lowest BCUT2D eigenvalue weighted by atomic mass is 9.97. The minimum atomic E-state index is -4.97. The maximum Gasteiger partial charge on any atom is 0.432 e. The summed E-state index contributed by atoms with van der Waals surface area (Å²) in [6.45, 7) is 1.55. The highest BCUT2D eigenvalue weighted by atomic mass is 19.3. The van der Waals surface area contributed by atoms with Gasteiger partial charge < -0.3 is 9.84 Å². The Labute approximate surface area is 181 Å². The van der Waals surface area contributed by atoms with Crippen LogP contribution in [0.15, 0.2) is 30.3 Å². The molecule has 0 radical (unpaired) electrons. The number of aromatic hydroxyl groups is 1. The maximum atomic E-state index is 15.0. The summed E-state index contributed by atoms with van der Waals surface area (Å²) in [6, 6.07) is 3.03. The number of hydrogen-bond acceptors (Lipinski definition) is 3. The third-order valence-electron chi connectivity index (χ3n) is 4.62. The van der Waals surface area contributed by atoms with Crippen LogP contribution in [0.4, 0.5) is 35.1 Å². The first kappa shape index (κ1) is 23.8. The smallest absolute Gasteiger partial charge is 0.432 e. The number of hydrogen-bond donors (Lipinski definition) is 1. The number of phenolic OH excluding ortho intramolecular Hbond substituents is 1. The van der Waals surface area contributed by atoms with Crippen molar-refractivity contribution >= 4 is 0 Å². The van der Waals surface area contributed by atoms with Crippen molar-refractivity contribution in [2.75, 3.05) is 0 Å². The van der Waals surface area contributed by atoms with E-state index in [0.29, 0.717) is 0 Å². The second kappa shape index (κ2) is 8.61. The second-order valence-corrected chi connectivity index (χ2v) is 6.72. The van der Waals surface area contributed by atoms with E-state index >= 15 is 4.39 Å². The van der Waals surface area contributed by atoms with Crippen LogP contribution in [0.5, 0.6) is 11.5 Å². The van der Waals surface area contributed by atoms with Crippen LogP contribution in [0.3, 0.4) is 0 Å². The molecular weight excluding hydrogens is 462 g/mol. The molecule has 0 fully saturated rings. The minimum absolute atomic E-state index is 0.0163. The van der Waals surface area contributed by atoms with Gasteiger partial charge in [0.1, 0.15) is 57.8 Å². The first-order valence-corrected chi connectivity index (χ1v) is 9.06. The van der Waals surface area contributed by atoms with Crippen molar-refractivity contribution in [3.63, 3.8) is 0 Å². The standard InChI is InChI=1S/C22H11F8NO2/c1-2-9-3-14(25)18(15(26)4-9)19-17(32)7-16(27)20(21(19)28)22(29,30)33-10-5-12(23)11(8-31)13(24)6-10/h3-7,32H,2H2,1H3. The summed E-state index contributed by atoms with van der Waals surface area (Å²) >= 11 is 0. The zero-order valence-corrected chi connectivity index (χ0v) is 16.4. The van der Waals surface area contributed by atoms with E-state index in [4.69, 9.17) is 5.26 Å². The van der Waals surface area contributed by atoms with E-state index in [-0.39, 0.29) is 30.2 Å². The Morgan fingerprint density at radius 3 is 1.88 bits per heavy atom. The summed E-state index contributed by atoms with van der Waals surface area (Å²) in [7, 11) is 0. The molecular formula is C22H11F8NO2. The van der Waals surface area contributed by atoms with Gasteiger partial charge in [-0.3, -0.25) is 0 Å². The van der Waals surface area contributed by atoms with Gasteiger partial charge in [-0.1, -0.05) is 6.92 Å². The molecule has 172 valence electrons. The molecule has 0 aliphatic heterocycles. The number of nitrogens with zero attached hydrogens (tertiary/aromatic N) is 1. The van der Waals surface area contributed by atoms with Gasteiger partial charge in [0.2, 0.25) is 0 Å². The molecule has 0 aliphatic rings. The quantitative estimate of drug-likeness (QED) is 0.433. The topological polar surface area (TPSA) is 53.2 Å². The highest BCUT2D eigenvalue weighted by molar-refractivity contribution is 5.73. The molecule has 0 heterocycles. The van der Waals surface area contributed by atoms with Crippen molar-refractivity contribution in [3.05, 3.63) is 81.9 Å². The van der Waals surface area contributed by atoms with Gasteiger partial charge in [0.15, 0.2) is 5.82 Å². The van der Waals surface area contributed by atoms with Gasteiger partial charge in [0.05, 0.1) is 11.1 Å². The monoisotopic (exact) mass is 473 g/mol. The van der Waals surface area contributed by atoms with Crippen molar-refractivity contribution in [2.45, 2.75) is 19.5 Å². The summed E-state index contributed by atoms with van der Waals surface area (Å²) in [5, 5.41) is 18.5. The van der Waals surface area contributed by atoms with Crippen LogP contribution >= 0.6 is 0 Å². The number of rotatable bonds is 5. The average molecular weight is 473 g/mol. The molecule has 3 aromatic rings. The molecule has 0 saturated heterocycles. The Hall–Kier alpha value is -3.81. The highest BCUT2D eigenvalue weighted by Crippen LogP contribution is 2.44. The van der Waals surface area contributed by atoms with Gasteiger partial charge in [-0.15, -0.1) is 0 Å².